The first kappa shape index (κ1) is 6.48. The number of rotatable bonds is 1. The van der Waals surface area contributed by atoms with Crippen molar-refractivity contribution in [2.45, 2.75) is 13.8 Å². The largest absolute Gasteiger partial charge is 0.0877 e. The predicted octanol–water partition coefficient (Wildman–Crippen LogP) is 2.34. The summed E-state index contributed by atoms with van der Waals surface area (Å²) in [7, 11) is 0. The summed E-state index contributed by atoms with van der Waals surface area (Å²) >= 11 is 0. The summed E-state index contributed by atoms with van der Waals surface area (Å²) in [5.74, 6) is 0. The molecule has 0 unspecified atom stereocenters. The van der Waals surface area contributed by atoms with Gasteiger partial charge in [-0.05, 0) is 20.8 Å². The van der Waals surface area contributed by atoms with Crippen molar-refractivity contribution in [2.75, 3.05) is 0 Å². The van der Waals surface area contributed by atoms with Crippen molar-refractivity contribution in [3.8, 4) is 0 Å². The molecule has 0 heterocycles. The minimum absolute atomic E-state index is 1.10. The van der Waals surface area contributed by atoms with Gasteiger partial charge in [-0.15, -0.1) is 0 Å². The van der Waals surface area contributed by atoms with E-state index >= 15 is 0 Å². The van der Waals surface area contributed by atoms with Crippen LogP contribution in [0.15, 0.2) is 23.8 Å². The second-order valence-corrected chi connectivity index (χ2v) is 1.54. The van der Waals surface area contributed by atoms with Gasteiger partial charge in [-0.2, -0.15) is 0 Å². The number of hydrogen-bond acceptors (Lipinski definition) is 0. The van der Waals surface area contributed by atoms with Gasteiger partial charge in [0.15, 0.2) is 0 Å². The molecule has 0 atom stereocenters. The second kappa shape index (κ2) is 3.66. The van der Waals surface area contributed by atoms with E-state index in [1.54, 1.807) is 0 Å². The Morgan fingerprint density at radius 2 is 2.14 bits per heavy atom. The van der Waals surface area contributed by atoms with Gasteiger partial charge in [-0.1, -0.05) is 23.8 Å². The van der Waals surface area contributed by atoms with Crippen LogP contribution in [-0.2, 0) is 0 Å². The van der Waals surface area contributed by atoms with E-state index < -0.39 is 0 Å². The molecular weight excluding hydrogens is 84.1 g/mol. The average Bonchev–Trinajstić information content (AvgIpc) is 1.61. The minimum atomic E-state index is 1.10. The molecule has 0 aliphatic rings. The molecule has 0 aliphatic carbocycles. The highest BCUT2D eigenvalue weighted by Gasteiger charge is 1.65. The Morgan fingerprint density at radius 3 is 2.29 bits per heavy atom. The van der Waals surface area contributed by atoms with Crippen LogP contribution in [0.1, 0.15) is 13.8 Å². The third-order valence-corrected chi connectivity index (χ3v) is 0.573. The molecule has 39 valence electrons. The lowest BCUT2D eigenvalue weighted by molar-refractivity contribution is 1.53. The quantitative estimate of drug-likeness (QED) is 0.438. The summed E-state index contributed by atoms with van der Waals surface area (Å²) in [6, 6.07) is 0. The zero-order valence-electron chi connectivity index (χ0n) is 4.94. The highest BCUT2D eigenvalue weighted by molar-refractivity contribution is 5.11. The van der Waals surface area contributed by atoms with Crippen LogP contribution in [0, 0.1) is 6.92 Å². The number of allylic oxidation sites excluding steroid dienone is 4. The van der Waals surface area contributed by atoms with Crippen molar-refractivity contribution in [3.63, 3.8) is 0 Å². The smallest absolute Gasteiger partial charge is 0.0283 e. The van der Waals surface area contributed by atoms with Crippen LogP contribution in [0.5, 0.6) is 0 Å². The fourth-order valence-corrected chi connectivity index (χ4v) is 0.260. The zero-order valence-corrected chi connectivity index (χ0v) is 4.94. The van der Waals surface area contributed by atoms with E-state index in [4.69, 9.17) is 0 Å². The van der Waals surface area contributed by atoms with Gasteiger partial charge in [-0.25, -0.2) is 0 Å². The van der Waals surface area contributed by atoms with Gasteiger partial charge in [0, 0.05) is 0 Å². The Morgan fingerprint density at radius 1 is 1.57 bits per heavy atom. The first-order chi connectivity index (χ1) is 3.27. The fraction of sp³-hybridized carbons (Fsp3) is 0.286. The van der Waals surface area contributed by atoms with Gasteiger partial charge in [-0.3, -0.25) is 0 Å². The molecule has 0 saturated heterocycles. The maximum Gasteiger partial charge on any atom is -0.0283 e. The standard InChI is InChI=1S/C7H11/c1-4-5-6-7(2)3/h4-6H,2H2,1,3H3. The molecule has 0 nitrogen and oxygen atoms in total. The van der Waals surface area contributed by atoms with Gasteiger partial charge >= 0.3 is 0 Å². The average molecular weight is 95.2 g/mol. The van der Waals surface area contributed by atoms with Crippen molar-refractivity contribution < 1.29 is 0 Å². The lowest BCUT2D eigenvalue weighted by Crippen LogP contribution is -1.57. The lowest BCUT2D eigenvalue weighted by Gasteiger charge is -1.77. The van der Waals surface area contributed by atoms with Crippen molar-refractivity contribution in [1.29, 1.82) is 0 Å². The van der Waals surface area contributed by atoms with Crippen LogP contribution >= 0.6 is 0 Å². The monoisotopic (exact) mass is 95.1 g/mol. The molecule has 0 spiro atoms. The van der Waals surface area contributed by atoms with Crippen LogP contribution in [0.3, 0.4) is 0 Å². The van der Waals surface area contributed by atoms with Crippen LogP contribution in [0.4, 0.5) is 0 Å². The molecule has 0 bridgehead atoms. The molecule has 0 heteroatoms. The first-order valence-electron chi connectivity index (χ1n) is 2.39. The maximum absolute atomic E-state index is 3.69. The molecule has 1 radical (unpaired) electrons. The Balaban J connectivity index is 3.46. The van der Waals surface area contributed by atoms with Crippen molar-refractivity contribution in [1.82, 2.24) is 0 Å². The lowest BCUT2D eigenvalue weighted by atomic mass is 10.3. The van der Waals surface area contributed by atoms with Crippen LogP contribution in [0.2, 0.25) is 0 Å². The molecule has 0 saturated carbocycles. The summed E-state index contributed by atoms with van der Waals surface area (Å²) in [6.45, 7) is 7.64. The van der Waals surface area contributed by atoms with E-state index in [2.05, 4.69) is 6.92 Å². The summed E-state index contributed by atoms with van der Waals surface area (Å²) in [5.41, 5.74) is 1.10. The third kappa shape index (κ3) is 5.48. The maximum atomic E-state index is 3.69. The van der Waals surface area contributed by atoms with E-state index in [-0.39, 0.29) is 0 Å². The first-order valence-corrected chi connectivity index (χ1v) is 2.39. The van der Waals surface area contributed by atoms with Crippen molar-refractivity contribution >= 4 is 0 Å². The van der Waals surface area contributed by atoms with Crippen molar-refractivity contribution in [3.05, 3.63) is 30.7 Å². The van der Waals surface area contributed by atoms with E-state index in [0.717, 1.165) is 5.57 Å². The molecule has 0 aliphatic heterocycles. The Kier molecular flexibility index (Phi) is 3.39. The van der Waals surface area contributed by atoms with Crippen LogP contribution in [0.25, 0.3) is 0 Å². The van der Waals surface area contributed by atoms with E-state index in [1.807, 2.05) is 32.1 Å². The highest BCUT2D eigenvalue weighted by Crippen LogP contribution is 1.86. The van der Waals surface area contributed by atoms with Crippen molar-refractivity contribution in [2.24, 2.45) is 0 Å². The normalized spacial score (nSPS) is 13.3. The minimum Gasteiger partial charge on any atom is -0.0877 e. The van der Waals surface area contributed by atoms with E-state index in [0.29, 0.717) is 0 Å². The van der Waals surface area contributed by atoms with Crippen LogP contribution in [-0.4, -0.2) is 0 Å². The molecule has 7 heavy (non-hydrogen) atoms. The second-order valence-electron chi connectivity index (χ2n) is 1.54. The Hall–Kier alpha value is -0.520. The molecule has 0 aromatic heterocycles. The predicted molar refractivity (Wildman–Crippen MR) is 33.9 cm³/mol. The molecule has 0 aromatic rings. The van der Waals surface area contributed by atoms with Crippen LogP contribution < -0.4 is 0 Å². The summed E-state index contributed by atoms with van der Waals surface area (Å²) < 4.78 is 0. The van der Waals surface area contributed by atoms with E-state index in [1.165, 1.54) is 0 Å². The van der Waals surface area contributed by atoms with Gasteiger partial charge < -0.3 is 0 Å². The van der Waals surface area contributed by atoms with Gasteiger partial charge in [0.25, 0.3) is 0 Å². The molecule has 0 aromatic carbocycles. The van der Waals surface area contributed by atoms with Gasteiger partial charge in [0.2, 0.25) is 0 Å². The summed E-state index contributed by atoms with van der Waals surface area (Å²) in [6.07, 6.45) is 5.93. The Labute approximate surface area is 45.5 Å². The number of hydrogen-bond donors (Lipinski definition) is 0. The fourth-order valence-electron chi connectivity index (χ4n) is 0.260. The summed E-state index contributed by atoms with van der Waals surface area (Å²) in [4.78, 5) is 0. The molecule has 0 fully saturated rings. The topological polar surface area (TPSA) is 0 Å². The molecule has 0 amide bonds. The Bertz CT molecular complexity index is 82.2. The summed E-state index contributed by atoms with van der Waals surface area (Å²) in [5, 5.41) is 0. The molecule has 0 N–H and O–H groups in total. The SMILES string of the molecule is [CH2]C(C)=CC=CC. The molecular formula is C7H11. The van der Waals surface area contributed by atoms with Gasteiger partial charge in [0.1, 0.15) is 0 Å². The zero-order chi connectivity index (χ0) is 5.70. The van der Waals surface area contributed by atoms with E-state index in [9.17, 15) is 0 Å². The highest BCUT2D eigenvalue weighted by atomic mass is 13.7. The third-order valence-electron chi connectivity index (χ3n) is 0.573. The molecule has 0 rings (SSSR count). The van der Waals surface area contributed by atoms with Gasteiger partial charge in [0.05, 0.1) is 0 Å².